The van der Waals surface area contributed by atoms with Gasteiger partial charge in [0.1, 0.15) is 18.0 Å². The Bertz CT molecular complexity index is 547. The number of hydrogen-bond acceptors (Lipinski definition) is 5. The summed E-state index contributed by atoms with van der Waals surface area (Å²) < 4.78 is 0. The van der Waals surface area contributed by atoms with Crippen LogP contribution in [0.15, 0.2) is 24.7 Å². The van der Waals surface area contributed by atoms with Crippen molar-refractivity contribution in [2.24, 2.45) is 0 Å². The molecule has 2 heterocycles. The Morgan fingerprint density at radius 1 is 1.16 bits per heavy atom. The molecule has 2 rings (SSSR count). The van der Waals surface area contributed by atoms with Gasteiger partial charge in [-0.3, -0.25) is 0 Å². The monoisotopic (exact) mass is 297 g/mol. The maximum absolute atomic E-state index is 6.10. The lowest BCUT2D eigenvalue weighted by Gasteiger charge is -2.11. The molecule has 0 atom stereocenters. The van der Waals surface area contributed by atoms with Gasteiger partial charge in [-0.15, -0.1) is 0 Å². The maximum Gasteiger partial charge on any atom is 0.147 e. The van der Waals surface area contributed by atoms with Gasteiger partial charge in [-0.1, -0.05) is 23.2 Å². The van der Waals surface area contributed by atoms with Gasteiger partial charge in [0.15, 0.2) is 0 Å². The smallest absolute Gasteiger partial charge is 0.147 e. The summed E-state index contributed by atoms with van der Waals surface area (Å²) in [6.07, 6.45) is 3.18. The van der Waals surface area contributed by atoms with E-state index < -0.39 is 0 Å². The number of nitrogens with one attached hydrogen (secondary N) is 2. The van der Waals surface area contributed by atoms with Crippen molar-refractivity contribution in [3.8, 4) is 0 Å². The van der Waals surface area contributed by atoms with Crippen LogP contribution >= 0.6 is 23.2 Å². The first kappa shape index (κ1) is 13.8. The molecular formula is C12H13Cl2N5. The van der Waals surface area contributed by atoms with E-state index >= 15 is 0 Å². The fraction of sp³-hybridized carbons (Fsp3) is 0.250. The van der Waals surface area contributed by atoms with Crippen molar-refractivity contribution in [3.05, 3.63) is 40.4 Å². The van der Waals surface area contributed by atoms with E-state index in [4.69, 9.17) is 23.2 Å². The number of pyridine rings is 1. The second-order valence-electron chi connectivity index (χ2n) is 3.73. The van der Waals surface area contributed by atoms with Gasteiger partial charge >= 0.3 is 0 Å². The highest BCUT2D eigenvalue weighted by Crippen LogP contribution is 2.29. The molecule has 5 nitrogen and oxygen atoms in total. The van der Waals surface area contributed by atoms with Crippen LogP contribution in [0.3, 0.4) is 0 Å². The lowest BCUT2D eigenvalue weighted by Crippen LogP contribution is -2.07. The molecule has 0 aromatic carbocycles. The molecule has 0 aliphatic carbocycles. The first-order valence-electron chi connectivity index (χ1n) is 5.79. The number of halogens is 2. The summed E-state index contributed by atoms with van der Waals surface area (Å²) in [6, 6.07) is 3.48. The molecule has 0 unspecified atom stereocenters. The van der Waals surface area contributed by atoms with Gasteiger partial charge in [-0.2, -0.15) is 0 Å². The first-order valence-corrected chi connectivity index (χ1v) is 6.55. The summed E-state index contributed by atoms with van der Waals surface area (Å²) in [4.78, 5) is 12.3. The lowest BCUT2D eigenvalue weighted by molar-refractivity contribution is 0.995. The van der Waals surface area contributed by atoms with Crippen molar-refractivity contribution >= 4 is 34.8 Å². The van der Waals surface area contributed by atoms with Crippen molar-refractivity contribution < 1.29 is 0 Å². The van der Waals surface area contributed by atoms with Crippen LogP contribution in [0.1, 0.15) is 12.6 Å². The van der Waals surface area contributed by atoms with Gasteiger partial charge in [-0.05, 0) is 19.1 Å². The molecule has 100 valence electrons. The fourth-order valence-electron chi connectivity index (χ4n) is 1.48. The lowest BCUT2D eigenvalue weighted by atomic mass is 10.4. The normalized spacial score (nSPS) is 10.3. The molecule has 2 aromatic rings. The van der Waals surface area contributed by atoms with Gasteiger partial charge in [0.25, 0.3) is 0 Å². The minimum Gasteiger partial charge on any atom is -0.369 e. The molecule has 0 radical (unpaired) electrons. The van der Waals surface area contributed by atoms with Crippen molar-refractivity contribution in [1.29, 1.82) is 0 Å². The summed E-state index contributed by atoms with van der Waals surface area (Å²) in [5.74, 6) is 1.18. The van der Waals surface area contributed by atoms with Crippen LogP contribution in [-0.2, 0) is 6.54 Å². The molecule has 0 bridgehead atoms. The second-order valence-corrected chi connectivity index (χ2v) is 4.55. The van der Waals surface area contributed by atoms with Crippen LogP contribution in [-0.4, -0.2) is 21.5 Å². The summed E-state index contributed by atoms with van der Waals surface area (Å²) in [7, 11) is 0. The maximum atomic E-state index is 6.10. The van der Waals surface area contributed by atoms with Crippen molar-refractivity contribution in [3.63, 3.8) is 0 Å². The molecule has 0 aliphatic rings. The standard InChI is InChI=1S/C12H13Cl2N5/c1-2-16-11-9(13)5-10(14)12(19-11)17-6-8-3-4-15-7-18-8/h3-5,7H,2,6H2,1H3,(H2,16,17,19). The highest BCUT2D eigenvalue weighted by molar-refractivity contribution is 6.37. The van der Waals surface area contributed by atoms with Crippen LogP contribution in [0.25, 0.3) is 0 Å². The number of anilines is 2. The zero-order chi connectivity index (χ0) is 13.7. The summed E-state index contributed by atoms with van der Waals surface area (Å²) in [6.45, 7) is 3.22. The Balaban J connectivity index is 2.13. The van der Waals surface area contributed by atoms with Gasteiger partial charge in [-0.25, -0.2) is 15.0 Å². The van der Waals surface area contributed by atoms with Crippen molar-refractivity contribution in [2.45, 2.75) is 13.5 Å². The van der Waals surface area contributed by atoms with E-state index in [2.05, 4.69) is 25.6 Å². The van der Waals surface area contributed by atoms with E-state index in [0.29, 0.717) is 28.2 Å². The third-order valence-corrected chi connectivity index (χ3v) is 2.93. The zero-order valence-electron chi connectivity index (χ0n) is 10.3. The number of rotatable bonds is 5. The van der Waals surface area contributed by atoms with Crippen LogP contribution < -0.4 is 10.6 Å². The summed E-state index contributed by atoms with van der Waals surface area (Å²) in [5.41, 5.74) is 0.854. The molecule has 0 saturated carbocycles. The van der Waals surface area contributed by atoms with Gasteiger partial charge in [0, 0.05) is 12.7 Å². The molecule has 19 heavy (non-hydrogen) atoms. The van der Waals surface area contributed by atoms with Crippen molar-refractivity contribution in [1.82, 2.24) is 15.0 Å². The largest absolute Gasteiger partial charge is 0.369 e. The Labute approximate surface area is 121 Å². The topological polar surface area (TPSA) is 62.7 Å². The number of aromatic nitrogens is 3. The van der Waals surface area contributed by atoms with E-state index in [9.17, 15) is 0 Å². The van der Waals surface area contributed by atoms with Gasteiger partial charge in [0.05, 0.1) is 22.3 Å². The Kier molecular flexibility index (Phi) is 4.76. The Morgan fingerprint density at radius 3 is 2.53 bits per heavy atom. The average molecular weight is 298 g/mol. The van der Waals surface area contributed by atoms with E-state index in [0.717, 1.165) is 12.2 Å². The molecule has 2 aromatic heterocycles. The third kappa shape index (κ3) is 3.68. The van der Waals surface area contributed by atoms with Gasteiger partial charge in [0.2, 0.25) is 0 Å². The Hall–Kier alpha value is -1.59. The highest BCUT2D eigenvalue weighted by atomic mass is 35.5. The quantitative estimate of drug-likeness (QED) is 0.887. The van der Waals surface area contributed by atoms with Crippen molar-refractivity contribution in [2.75, 3.05) is 17.2 Å². The average Bonchev–Trinajstić information content (AvgIpc) is 2.42. The minimum absolute atomic E-state index is 0.473. The molecule has 2 N–H and O–H groups in total. The van der Waals surface area contributed by atoms with Crippen LogP contribution in [0.2, 0.25) is 10.0 Å². The third-order valence-electron chi connectivity index (χ3n) is 2.35. The van der Waals surface area contributed by atoms with Crippen LogP contribution in [0.5, 0.6) is 0 Å². The molecule has 7 heteroatoms. The molecule has 0 amide bonds. The zero-order valence-corrected chi connectivity index (χ0v) is 11.8. The Morgan fingerprint density at radius 2 is 1.89 bits per heavy atom. The minimum atomic E-state index is 0.473. The molecular weight excluding hydrogens is 285 g/mol. The summed E-state index contributed by atoms with van der Waals surface area (Å²) >= 11 is 12.1. The molecule has 0 fully saturated rings. The summed E-state index contributed by atoms with van der Waals surface area (Å²) in [5, 5.41) is 7.17. The first-order chi connectivity index (χ1) is 9.20. The SMILES string of the molecule is CCNc1nc(NCc2ccncn2)c(Cl)cc1Cl. The predicted octanol–water partition coefficient (Wildman–Crippen LogP) is 3.22. The predicted molar refractivity (Wildman–Crippen MR) is 77.8 cm³/mol. The van der Waals surface area contributed by atoms with E-state index in [1.807, 2.05) is 13.0 Å². The molecule has 0 saturated heterocycles. The number of hydrogen-bond donors (Lipinski definition) is 2. The van der Waals surface area contributed by atoms with E-state index in [-0.39, 0.29) is 0 Å². The fourth-order valence-corrected chi connectivity index (χ4v) is 1.97. The molecule has 0 spiro atoms. The second kappa shape index (κ2) is 6.54. The van der Waals surface area contributed by atoms with Crippen LogP contribution in [0.4, 0.5) is 11.6 Å². The van der Waals surface area contributed by atoms with E-state index in [1.165, 1.54) is 6.33 Å². The van der Waals surface area contributed by atoms with Crippen LogP contribution in [0, 0.1) is 0 Å². The molecule has 0 aliphatic heterocycles. The number of nitrogens with zero attached hydrogens (tertiary/aromatic N) is 3. The van der Waals surface area contributed by atoms with Gasteiger partial charge < -0.3 is 10.6 Å². The highest BCUT2D eigenvalue weighted by Gasteiger charge is 2.08. The van der Waals surface area contributed by atoms with E-state index in [1.54, 1.807) is 12.3 Å².